The molecule has 0 unspecified atom stereocenters. The lowest BCUT2D eigenvalue weighted by Crippen LogP contribution is -2.41. The molecule has 2 aromatic carbocycles. The van der Waals surface area contributed by atoms with Gasteiger partial charge in [-0.15, -0.1) is 0 Å². The topological polar surface area (TPSA) is 61.8 Å². The van der Waals surface area contributed by atoms with E-state index in [1.807, 2.05) is 0 Å². The minimum Gasteiger partial charge on any atom is -0.469 e. The fourth-order valence-corrected chi connectivity index (χ4v) is 10.1. The molecule has 1 aliphatic carbocycles. The van der Waals surface area contributed by atoms with Crippen LogP contribution in [-0.2, 0) is 23.2 Å². The molecule has 0 heterocycles. The predicted octanol–water partition coefficient (Wildman–Crippen LogP) is 16.0. The van der Waals surface area contributed by atoms with E-state index in [-0.39, 0.29) is 34.2 Å². The average Bonchev–Trinajstić information content (AvgIpc) is 3.51. The van der Waals surface area contributed by atoms with Gasteiger partial charge in [0.2, 0.25) is 0 Å². The first-order valence-corrected chi connectivity index (χ1v) is 29.1. The SMILES string of the molecule is CCCCC[C@@H](O[Si](C)(C)C(C)(C)C)c1ccc([C@@H]2CCC(=O)[C@H]2CCCCCCC(=O)OC)cc1.CCCCC[C@H](O[Si](C)(C)C(C)(C)C)c1ccc(Br)cc1. The maximum absolute atomic E-state index is 12.7. The highest BCUT2D eigenvalue weighted by Gasteiger charge is 2.41. The fraction of sp³-hybridized carbons (Fsp3) is 0.714. The number of carbonyl (C=O) groups excluding carboxylic acids is 2. The van der Waals surface area contributed by atoms with Crippen LogP contribution in [0.1, 0.15) is 193 Å². The molecule has 1 saturated carbocycles. The molecule has 1 aliphatic rings. The molecule has 324 valence electrons. The Bertz CT molecular complexity index is 1440. The Hall–Kier alpha value is -1.59. The van der Waals surface area contributed by atoms with Crippen molar-refractivity contribution in [2.45, 2.75) is 213 Å². The number of methoxy groups -OCH3 is 1. The van der Waals surface area contributed by atoms with Crippen molar-refractivity contribution >= 4 is 44.3 Å². The highest BCUT2D eigenvalue weighted by atomic mass is 79.9. The lowest BCUT2D eigenvalue weighted by molar-refractivity contribution is -0.140. The Morgan fingerprint density at radius 1 is 0.702 bits per heavy atom. The van der Waals surface area contributed by atoms with Gasteiger partial charge >= 0.3 is 5.97 Å². The minimum atomic E-state index is -1.87. The number of benzene rings is 2. The summed E-state index contributed by atoms with van der Waals surface area (Å²) in [7, 11) is -2.17. The highest BCUT2D eigenvalue weighted by Crippen LogP contribution is 2.44. The van der Waals surface area contributed by atoms with Crippen LogP contribution >= 0.6 is 15.9 Å². The fourth-order valence-electron chi connectivity index (χ4n) is 7.21. The van der Waals surface area contributed by atoms with E-state index in [0.29, 0.717) is 24.5 Å². The molecule has 5 nitrogen and oxygen atoms in total. The second-order valence-corrected chi connectivity index (χ2v) is 30.1. The summed E-state index contributed by atoms with van der Waals surface area (Å²) >= 11 is 3.52. The minimum absolute atomic E-state index is 0.133. The van der Waals surface area contributed by atoms with Crippen LogP contribution in [-0.4, -0.2) is 35.5 Å². The molecular formula is C49H83BrO5Si2. The monoisotopic (exact) mass is 886 g/mol. The number of ketones is 1. The number of carbonyl (C=O) groups is 2. The van der Waals surface area contributed by atoms with E-state index in [2.05, 4.69) is 146 Å². The lowest BCUT2D eigenvalue weighted by atomic mass is 9.84. The molecule has 0 amide bonds. The third kappa shape index (κ3) is 17.5. The van der Waals surface area contributed by atoms with Gasteiger partial charge in [0.05, 0.1) is 19.3 Å². The summed E-state index contributed by atoms with van der Waals surface area (Å²) in [4.78, 5) is 24.0. The maximum Gasteiger partial charge on any atom is 0.305 e. The quantitative estimate of drug-likeness (QED) is 0.0670. The van der Waals surface area contributed by atoms with Crippen molar-refractivity contribution in [2.24, 2.45) is 5.92 Å². The van der Waals surface area contributed by atoms with Crippen molar-refractivity contribution in [1.82, 2.24) is 0 Å². The van der Waals surface area contributed by atoms with Crippen molar-refractivity contribution in [3.05, 3.63) is 69.7 Å². The Kier molecular flexibility index (Phi) is 22.3. The van der Waals surface area contributed by atoms with Gasteiger partial charge in [0.1, 0.15) is 5.78 Å². The third-order valence-corrected chi connectivity index (χ3v) is 22.6. The van der Waals surface area contributed by atoms with Gasteiger partial charge < -0.3 is 13.6 Å². The summed E-state index contributed by atoms with van der Waals surface area (Å²) in [5.74, 6) is 0.769. The molecule has 1 fully saturated rings. The third-order valence-electron chi connectivity index (χ3n) is 13.1. The molecule has 57 heavy (non-hydrogen) atoms. The number of ether oxygens (including phenoxy) is 1. The second-order valence-electron chi connectivity index (χ2n) is 19.7. The zero-order valence-electron chi connectivity index (χ0n) is 38.7. The van der Waals surface area contributed by atoms with Crippen molar-refractivity contribution in [2.75, 3.05) is 7.11 Å². The number of unbranched alkanes of at least 4 members (excludes halogenated alkanes) is 7. The molecule has 0 N–H and O–H groups in total. The molecule has 0 spiro atoms. The van der Waals surface area contributed by atoms with E-state index in [0.717, 1.165) is 55.8 Å². The summed E-state index contributed by atoms with van der Waals surface area (Å²) in [5.41, 5.74) is 3.91. The predicted molar refractivity (Wildman–Crippen MR) is 251 cm³/mol. The smallest absolute Gasteiger partial charge is 0.305 e. The van der Waals surface area contributed by atoms with Gasteiger partial charge in [0.25, 0.3) is 0 Å². The standard InChI is InChI=1S/C31H52O4Si.C18H31BrOSi/c1-8-9-12-16-29(35-36(6,7)31(2,3)4)25-20-18-24(19-21-25)26-22-23-28(32)27(26)15-13-10-11-14-17-30(33)34-5;1-7-8-9-10-17(15-11-13-16(19)14-12-15)20-21(5,6)18(2,3)4/h18-21,26-27,29H,8-17,22-23H2,1-7H3;11-14,17H,7-10H2,1-6H3/t26-,27-,29+;17-/m00/s1. The second kappa shape index (κ2) is 24.6. The number of hydrogen-bond donors (Lipinski definition) is 0. The van der Waals surface area contributed by atoms with E-state index < -0.39 is 16.6 Å². The van der Waals surface area contributed by atoms with Crippen LogP contribution in [0.2, 0.25) is 36.3 Å². The van der Waals surface area contributed by atoms with E-state index in [1.54, 1.807) is 0 Å². The van der Waals surface area contributed by atoms with Crippen LogP contribution in [0.15, 0.2) is 53.0 Å². The Morgan fingerprint density at radius 2 is 1.16 bits per heavy atom. The van der Waals surface area contributed by atoms with Gasteiger partial charge in [-0.3, -0.25) is 9.59 Å². The Labute approximate surface area is 361 Å². The van der Waals surface area contributed by atoms with E-state index in [1.165, 1.54) is 62.3 Å². The number of hydrogen-bond acceptors (Lipinski definition) is 5. The van der Waals surface area contributed by atoms with E-state index in [4.69, 9.17) is 13.6 Å². The van der Waals surface area contributed by atoms with E-state index in [9.17, 15) is 9.59 Å². The van der Waals surface area contributed by atoms with Crippen LogP contribution in [0.4, 0.5) is 0 Å². The van der Waals surface area contributed by atoms with Gasteiger partial charge in [-0.1, -0.05) is 166 Å². The largest absolute Gasteiger partial charge is 0.469 e. The molecule has 8 heteroatoms. The molecule has 2 aromatic rings. The molecule has 3 rings (SSSR count). The number of halogens is 1. The average molecular weight is 888 g/mol. The molecule has 0 saturated heterocycles. The zero-order valence-corrected chi connectivity index (χ0v) is 42.2. The van der Waals surface area contributed by atoms with Gasteiger partial charge in [-0.2, -0.15) is 0 Å². The van der Waals surface area contributed by atoms with Gasteiger partial charge in [-0.05, 0) is 103 Å². The van der Waals surface area contributed by atoms with Gasteiger partial charge in [0.15, 0.2) is 16.6 Å². The number of rotatable bonds is 22. The molecule has 4 atom stereocenters. The summed E-state index contributed by atoms with van der Waals surface area (Å²) in [6, 6.07) is 17.7. The van der Waals surface area contributed by atoms with Crippen molar-refractivity contribution in [1.29, 1.82) is 0 Å². The lowest BCUT2D eigenvalue weighted by Gasteiger charge is -2.39. The first kappa shape index (κ1) is 51.6. The number of Topliss-reactive ketones (excluding diaryl/α,β-unsaturated/α-hetero) is 1. The summed E-state index contributed by atoms with van der Waals surface area (Å²) < 4.78 is 19.4. The molecule has 0 radical (unpaired) electrons. The number of esters is 1. The Balaban J connectivity index is 0.000000453. The molecule has 0 bridgehead atoms. The Morgan fingerprint density at radius 3 is 1.60 bits per heavy atom. The van der Waals surface area contributed by atoms with Crippen molar-refractivity contribution in [3.8, 4) is 0 Å². The van der Waals surface area contributed by atoms with Crippen LogP contribution in [0, 0.1) is 5.92 Å². The molecule has 0 aliphatic heterocycles. The van der Waals surface area contributed by atoms with Gasteiger partial charge in [0, 0.05) is 23.2 Å². The van der Waals surface area contributed by atoms with Crippen molar-refractivity contribution in [3.63, 3.8) is 0 Å². The first-order valence-electron chi connectivity index (χ1n) is 22.5. The molecule has 0 aromatic heterocycles. The van der Waals surface area contributed by atoms with Crippen LogP contribution in [0.5, 0.6) is 0 Å². The maximum atomic E-state index is 12.7. The van der Waals surface area contributed by atoms with Crippen LogP contribution in [0.3, 0.4) is 0 Å². The van der Waals surface area contributed by atoms with Gasteiger partial charge in [-0.25, -0.2) is 0 Å². The first-order chi connectivity index (χ1) is 26.7. The zero-order chi connectivity index (χ0) is 42.9. The van der Waals surface area contributed by atoms with Crippen molar-refractivity contribution < 1.29 is 23.2 Å². The summed E-state index contributed by atoms with van der Waals surface area (Å²) in [6.45, 7) is 27.7. The normalized spacial score (nSPS) is 17.5. The summed E-state index contributed by atoms with van der Waals surface area (Å²) in [5, 5.41) is 0.443. The summed E-state index contributed by atoms with van der Waals surface area (Å²) in [6.07, 6.45) is 17.1. The van der Waals surface area contributed by atoms with E-state index >= 15 is 0 Å². The highest BCUT2D eigenvalue weighted by molar-refractivity contribution is 9.10. The molecular weight excluding hydrogens is 805 g/mol. The van der Waals surface area contributed by atoms with Crippen LogP contribution < -0.4 is 0 Å². The van der Waals surface area contributed by atoms with Crippen LogP contribution in [0.25, 0.3) is 0 Å².